The number of ether oxygens (including phenoxy) is 1. The van der Waals surface area contributed by atoms with E-state index in [1.165, 1.54) is 25.2 Å². The van der Waals surface area contributed by atoms with Crippen LogP contribution < -0.4 is 10.1 Å². The van der Waals surface area contributed by atoms with Crippen LogP contribution >= 0.6 is 0 Å². The number of fused-ring (bicyclic) bond motifs is 1. The van der Waals surface area contributed by atoms with Crippen molar-refractivity contribution in [2.75, 3.05) is 13.7 Å². The number of nitrogens with one attached hydrogen (secondary N) is 1. The van der Waals surface area contributed by atoms with E-state index in [1.54, 1.807) is 0 Å². The number of carbonyl (C=O) groups excluding carboxylic acids is 5. The average molecular weight is 332 g/mol. The molecule has 0 aliphatic carbocycles. The summed E-state index contributed by atoms with van der Waals surface area (Å²) in [6.07, 6.45) is 1.02. The molecule has 8 heteroatoms. The highest BCUT2D eigenvalue weighted by atomic mass is 16.5. The SMILES string of the molecule is CNC(=O)CCC(C=O)N1C(=O)c2cccc(OCC=O)c2C1=O. The maximum atomic E-state index is 12.6. The van der Waals surface area contributed by atoms with Gasteiger partial charge in [0, 0.05) is 13.5 Å². The Morgan fingerprint density at radius 3 is 2.67 bits per heavy atom. The van der Waals surface area contributed by atoms with Crippen molar-refractivity contribution in [3.8, 4) is 5.75 Å². The smallest absolute Gasteiger partial charge is 0.265 e. The van der Waals surface area contributed by atoms with E-state index in [1.807, 2.05) is 0 Å². The number of imide groups is 1. The first-order valence-electron chi connectivity index (χ1n) is 7.28. The largest absolute Gasteiger partial charge is 0.485 e. The van der Waals surface area contributed by atoms with Crippen LogP contribution in [0, 0.1) is 0 Å². The minimum Gasteiger partial charge on any atom is -0.485 e. The van der Waals surface area contributed by atoms with E-state index in [-0.39, 0.29) is 42.2 Å². The Morgan fingerprint density at radius 2 is 2.04 bits per heavy atom. The van der Waals surface area contributed by atoms with Gasteiger partial charge in [-0.15, -0.1) is 0 Å². The van der Waals surface area contributed by atoms with Crippen LogP contribution in [0.1, 0.15) is 33.6 Å². The van der Waals surface area contributed by atoms with Gasteiger partial charge in [0.15, 0.2) is 6.29 Å². The lowest BCUT2D eigenvalue weighted by Crippen LogP contribution is -2.41. The van der Waals surface area contributed by atoms with Crippen molar-refractivity contribution in [3.63, 3.8) is 0 Å². The summed E-state index contributed by atoms with van der Waals surface area (Å²) >= 11 is 0. The summed E-state index contributed by atoms with van der Waals surface area (Å²) in [5.41, 5.74) is 0.131. The van der Waals surface area contributed by atoms with Crippen LogP contribution in [0.2, 0.25) is 0 Å². The molecule has 0 fully saturated rings. The number of hydrogen-bond acceptors (Lipinski definition) is 6. The number of rotatable bonds is 8. The number of aldehydes is 2. The Labute approximate surface area is 137 Å². The van der Waals surface area contributed by atoms with Crippen molar-refractivity contribution in [3.05, 3.63) is 29.3 Å². The van der Waals surface area contributed by atoms with E-state index in [4.69, 9.17) is 4.74 Å². The van der Waals surface area contributed by atoms with E-state index in [9.17, 15) is 24.0 Å². The maximum Gasteiger partial charge on any atom is 0.265 e. The number of carbonyl (C=O) groups is 5. The summed E-state index contributed by atoms with van der Waals surface area (Å²) in [5, 5.41) is 2.41. The summed E-state index contributed by atoms with van der Waals surface area (Å²) in [5.74, 6) is -1.49. The summed E-state index contributed by atoms with van der Waals surface area (Å²) < 4.78 is 5.17. The van der Waals surface area contributed by atoms with Gasteiger partial charge in [-0.3, -0.25) is 24.1 Å². The molecule has 1 unspecified atom stereocenters. The van der Waals surface area contributed by atoms with Crippen molar-refractivity contribution < 1.29 is 28.7 Å². The molecule has 0 spiro atoms. The lowest BCUT2D eigenvalue weighted by molar-refractivity contribution is -0.121. The zero-order chi connectivity index (χ0) is 17.7. The molecule has 1 aliphatic heterocycles. The molecule has 0 bridgehead atoms. The fourth-order valence-electron chi connectivity index (χ4n) is 2.48. The first kappa shape index (κ1) is 17.3. The number of nitrogens with zero attached hydrogens (tertiary/aromatic N) is 1. The highest BCUT2D eigenvalue weighted by molar-refractivity contribution is 6.23. The van der Waals surface area contributed by atoms with E-state index in [0.717, 1.165) is 4.90 Å². The van der Waals surface area contributed by atoms with Gasteiger partial charge in [-0.25, -0.2) is 0 Å². The predicted molar refractivity (Wildman–Crippen MR) is 81.7 cm³/mol. The Balaban J connectivity index is 2.29. The molecule has 126 valence electrons. The third kappa shape index (κ3) is 3.17. The van der Waals surface area contributed by atoms with Crippen molar-refractivity contribution >= 4 is 30.3 Å². The Kier molecular flexibility index (Phi) is 5.41. The van der Waals surface area contributed by atoms with Gasteiger partial charge < -0.3 is 14.8 Å². The topological polar surface area (TPSA) is 110 Å². The molecule has 1 aliphatic rings. The van der Waals surface area contributed by atoms with Gasteiger partial charge in [0.1, 0.15) is 18.6 Å². The van der Waals surface area contributed by atoms with Gasteiger partial charge in [-0.1, -0.05) is 6.07 Å². The molecular weight excluding hydrogens is 316 g/mol. The molecule has 1 aromatic rings. The molecule has 1 atom stereocenters. The minimum atomic E-state index is -1.05. The Hall–Kier alpha value is -3.03. The number of hydrogen-bond donors (Lipinski definition) is 1. The maximum absolute atomic E-state index is 12.6. The third-order valence-corrected chi connectivity index (χ3v) is 3.65. The van der Waals surface area contributed by atoms with Gasteiger partial charge in [0.25, 0.3) is 11.8 Å². The van der Waals surface area contributed by atoms with Crippen LogP contribution in [-0.4, -0.2) is 54.9 Å². The van der Waals surface area contributed by atoms with Crippen LogP contribution in [0.15, 0.2) is 18.2 Å². The highest BCUT2D eigenvalue weighted by Crippen LogP contribution is 2.32. The van der Waals surface area contributed by atoms with Crippen molar-refractivity contribution in [2.45, 2.75) is 18.9 Å². The molecule has 1 aromatic carbocycles. The van der Waals surface area contributed by atoms with Crippen LogP contribution in [0.4, 0.5) is 0 Å². The summed E-state index contributed by atoms with van der Waals surface area (Å²) in [4.78, 5) is 59.0. The second-order valence-electron chi connectivity index (χ2n) is 5.05. The van der Waals surface area contributed by atoms with E-state index in [2.05, 4.69) is 5.32 Å². The van der Waals surface area contributed by atoms with E-state index < -0.39 is 17.9 Å². The van der Waals surface area contributed by atoms with Crippen molar-refractivity contribution in [1.29, 1.82) is 0 Å². The average Bonchev–Trinajstić information content (AvgIpc) is 2.85. The summed E-state index contributed by atoms with van der Waals surface area (Å²) in [6, 6.07) is 3.39. The Bertz CT molecular complexity index is 700. The quantitative estimate of drug-likeness (QED) is 0.528. The molecule has 2 rings (SSSR count). The van der Waals surface area contributed by atoms with Crippen molar-refractivity contribution in [2.24, 2.45) is 0 Å². The minimum absolute atomic E-state index is 0.00180. The zero-order valence-electron chi connectivity index (χ0n) is 13.0. The predicted octanol–water partition coefficient (Wildman–Crippen LogP) is -0.0460. The second kappa shape index (κ2) is 7.49. The van der Waals surface area contributed by atoms with Crippen LogP contribution in [0.3, 0.4) is 0 Å². The monoisotopic (exact) mass is 332 g/mol. The lowest BCUT2D eigenvalue weighted by Gasteiger charge is -2.20. The first-order valence-corrected chi connectivity index (χ1v) is 7.28. The molecule has 24 heavy (non-hydrogen) atoms. The molecular formula is C16H16N2O6. The standard InChI is InChI=1S/C16H16N2O6/c1-17-13(21)6-5-10(9-20)18-15(22)11-3-2-4-12(24-8-7-19)14(11)16(18)23/h2-4,7,9-10H,5-6,8H2,1H3,(H,17,21). The van der Waals surface area contributed by atoms with Gasteiger partial charge in [-0.2, -0.15) is 0 Å². The molecule has 0 aromatic heterocycles. The van der Waals surface area contributed by atoms with E-state index >= 15 is 0 Å². The molecule has 0 radical (unpaired) electrons. The lowest BCUT2D eigenvalue weighted by atomic mass is 10.1. The summed E-state index contributed by atoms with van der Waals surface area (Å²) in [7, 11) is 1.46. The first-order chi connectivity index (χ1) is 11.5. The van der Waals surface area contributed by atoms with Crippen LogP contribution in [0.25, 0.3) is 0 Å². The third-order valence-electron chi connectivity index (χ3n) is 3.65. The zero-order valence-corrected chi connectivity index (χ0v) is 13.0. The van der Waals surface area contributed by atoms with E-state index in [0.29, 0.717) is 12.6 Å². The number of amides is 3. The molecule has 8 nitrogen and oxygen atoms in total. The highest BCUT2D eigenvalue weighted by Gasteiger charge is 2.42. The number of benzene rings is 1. The van der Waals surface area contributed by atoms with Gasteiger partial charge >= 0.3 is 0 Å². The molecule has 1 N–H and O–H groups in total. The molecule has 0 saturated carbocycles. The van der Waals surface area contributed by atoms with Gasteiger partial charge in [0.2, 0.25) is 5.91 Å². The second-order valence-corrected chi connectivity index (χ2v) is 5.05. The normalized spacial score (nSPS) is 14.1. The molecule has 1 heterocycles. The molecule has 0 saturated heterocycles. The fraction of sp³-hybridized carbons (Fsp3) is 0.312. The van der Waals surface area contributed by atoms with Gasteiger partial charge in [-0.05, 0) is 18.6 Å². The van der Waals surface area contributed by atoms with Gasteiger partial charge in [0.05, 0.1) is 17.2 Å². The van der Waals surface area contributed by atoms with Crippen molar-refractivity contribution in [1.82, 2.24) is 10.2 Å². The Morgan fingerprint density at radius 1 is 1.29 bits per heavy atom. The summed E-state index contributed by atoms with van der Waals surface area (Å²) in [6.45, 7) is -0.258. The fourth-order valence-corrected chi connectivity index (χ4v) is 2.48. The molecule has 3 amide bonds. The van der Waals surface area contributed by atoms with Crippen LogP contribution in [0.5, 0.6) is 5.75 Å². The van der Waals surface area contributed by atoms with Crippen LogP contribution in [-0.2, 0) is 14.4 Å².